The molecule has 0 N–H and O–H groups in total. The first-order valence-electron chi connectivity index (χ1n) is 6.06. The van der Waals surface area contributed by atoms with Crippen LogP contribution < -0.4 is 0 Å². The van der Waals surface area contributed by atoms with Gasteiger partial charge in [0.05, 0.1) is 6.10 Å². The van der Waals surface area contributed by atoms with Gasteiger partial charge in [-0.3, -0.25) is 0 Å². The van der Waals surface area contributed by atoms with Gasteiger partial charge in [-0.2, -0.15) is 13.2 Å². The molecule has 0 fully saturated rings. The number of methoxy groups -OCH3 is 1. The summed E-state index contributed by atoms with van der Waals surface area (Å²) in [5, 5.41) is 0. The fourth-order valence-electron chi connectivity index (χ4n) is 1.82. The Bertz CT molecular complexity index is 451. The lowest BCUT2D eigenvalue weighted by Crippen LogP contribution is -2.33. The minimum absolute atomic E-state index is 0.0135. The predicted molar refractivity (Wildman–Crippen MR) is 62.2 cm³/mol. The Morgan fingerprint density at radius 2 is 1.62 bits per heavy atom. The molecule has 1 aromatic rings. The molecule has 0 aliphatic heterocycles. The molecule has 0 aliphatic rings. The van der Waals surface area contributed by atoms with E-state index in [4.69, 9.17) is 4.74 Å². The van der Waals surface area contributed by atoms with E-state index in [0.717, 1.165) is 7.11 Å². The van der Waals surface area contributed by atoms with Crippen molar-refractivity contribution in [3.8, 4) is 0 Å². The molecule has 2 nitrogen and oxygen atoms in total. The first-order chi connectivity index (χ1) is 9.70. The van der Waals surface area contributed by atoms with Gasteiger partial charge in [0.1, 0.15) is 0 Å². The van der Waals surface area contributed by atoms with Crippen LogP contribution in [-0.2, 0) is 9.47 Å². The monoisotopic (exact) mass is 316 g/mol. The van der Waals surface area contributed by atoms with Crippen molar-refractivity contribution < 1.29 is 35.8 Å². The summed E-state index contributed by atoms with van der Waals surface area (Å²) in [6.45, 7) is 1.53. The molecule has 120 valence electrons. The van der Waals surface area contributed by atoms with Crippen LogP contribution in [0.4, 0.5) is 26.3 Å². The maximum absolute atomic E-state index is 13.2. The standard InChI is InChI=1S/C13H14F6O2/c1-3-21-10(6-11(20-2)13(17,18)19)7-4-8(14)12(16)9(15)5-7/h4-5,10-11H,3,6H2,1-2H3. The molecule has 0 heterocycles. The van der Waals surface area contributed by atoms with Gasteiger partial charge in [-0.1, -0.05) is 0 Å². The van der Waals surface area contributed by atoms with Crippen LogP contribution >= 0.6 is 0 Å². The maximum Gasteiger partial charge on any atom is 0.414 e. The van der Waals surface area contributed by atoms with Crippen LogP contribution in [0.15, 0.2) is 12.1 Å². The molecule has 1 rings (SSSR count). The first kappa shape index (κ1) is 17.8. The van der Waals surface area contributed by atoms with Gasteiger partial charge in [0, 0.05) is 20.1 Å². The third kappa shape index (κ3) is 4.60. The Morgan fingerprint density at radius 3 is 2.00 bits per heavy atom. The van der Waals surface area contributed by atoms with Crippen LogP contribution in [-0.4, -0.2) is 26.0 Å². The molecule has 0 radical (unpaired) electrons. The number of hydrogen-bond donors (Lipinski definition) is 0. The van der Waals surface area contributed by atoms with Crippen molar-refractivity contribution in [3.63, 3.8) is 0 Å². The Kier molecular flexibility index (Phi) is 6.03. The minimum atomic E-state index is -4.65. The van der Waals surface area contributed by atoms with Gasteiger partial charge in [-0.05, 0) is 24.6 Å². The lowest BCUT2D eigenvalue weighted by molar-refractivity contribution is -0.221. The molecule has 1 aromatic carbocycles. The van der Waals surface area contributed by atoms with E-state index in [2.05, 4.69) is 4.74 Å². The summed E-state index contributed by atoms with van der Waals surface area (Å²) in [6.07, 6.45) is -8.78. The predicted octanol–water partition coefficient (Wildman–Crippen LogP) is 4.15. The highest BCUT2D eigenvalue weighted by atomic mass is 19.4. The summed E-state index contributed by atoms with van der Waals surface area (Å²) in [7, 11) is 0.868. The molecular formula is C13H14F6O2. The number of hydrogen-bond acceptors (Lipinski definition) is 2. The normalized spacial score (nSPS) is 15.0. The Labute approximate surface area is 117 Å². The van der Waals surface area contributed by atoms with Crippen molar-refractivity contribution >= 4 is 0 Å². The Morgan fingerprint density at radius 1 is 1.10 bits per heavy atom. The van der Waals surface area contributed by atoms with Crippen LogP contribution in [0.25, 0.3) is 0 Å². The highest BCUT2D eigenvalue weighted by Crippen LogP contribution is 2.33. The van der Waals surface area contributed by atoms with E-state index in [1.807, 2.05) is 0 Å². The third-order valence-electron chi connectivity index (χ3n) is 2.82. The van der Waals surface area contributed by atoms with Crippen LogP contribution in [0.1, 0.15) is 25.0 Å². The fourth-order valence-corrected chi connectivity index (χ4v) is 1.82. The number of halogens is 6. The second kappa shape index (κ2) is 7.13. The van der Waals surface area contributed by atoms with Crippen molar-refractivity contribution in [1.29, 1.82) is 0 Å². The summed E-state index contributed by atoms with van der Waals surface area (Å²) >= 11 is 0. The highest BCUT2D eigenvalue weighted by Gasteiger charge is 2.41. The van der Waals surface area contributed by atoms with Crippen LogP contribution in [0.2, 0.25) is 0 Å². The SMILES string of the molecule is CCOC(CC(OC)C(F)(F)F)c1cc(F)c(F)c(F)c1. The molecule has 21 heavy (non-hydrogen) atoms. The van der Waals surface area contributed by atoms with E-state index in [0.29, 0.717) is 12.1 Å². The zero-order chi connectivity index (χ0) is 16.2. The molecule has 2 atom stereocenters. The quantitative estimate of drug-likeness (QED) is 0.580. The summed E-state index contributed by atoms with van der Waals surface area (Å²) < 4.78 is 86.6. The summed E-state index contributed by atoms with van der Waals surface area (Å²) in [4.78, 5) is 0. The summed E-state index contributed by atoms with van der Waals surface area (Å²) in [5.41, 5.74) is -0.223. The van der Waals surface area contributed by atoms with E-state index < -0.39 is 42.3 Å². The number of benzene rings is 1. The minimum Gasteiger partial charge on any atom is -0.374 e. The molecule has 8 heteroatoms. The van der Waals surface area contributed by atoms with E-state index in [1.165, 1.54) is 6.92 Å². The lowest BCUT2D eigenvalue weighted by Gasteiger charge is -2.25. The molecular weight excluding hydrogens is 302 g/mol. The van der Waals surface area contributed by atoms with Crippen LogP contribution in [0, 0.1) is 17.5 Å². The van der Waals surface area contributed by atoms with Gasteiger partial charge in [0.25, 0.3) is 0 Å². The van der Waals surface area contributed by atoms with Gasteiger partial charge < -0.3 is 9.47 Å². The van der Waals surface area contributed by atoms with Gasteiger partial charge in [-0.25, -0.2) is 13.2 Å². The van der Waals surface area contributed by atoms with Gasteiger partial charge >= 0.3 is 6.18 Å². The van der Waals surface area contributed by atoms with Crippen molar-refractivity contribution in [1.82, 2.24) is 0 Å². The Hall–Kier alpha value is -1.28. The number of ether oxygens (including phenoxy) is 2. The fraction of sp³-hybridized carbons (Fsp3) is 0.538. The average Bonchev–Trinajstić information content (AvgIpc) is 2.38. The van der Waals surface area contributed by atoms with Crippen molar-refractivity contribution in [2.45, 2.75) is 31.7 Å². The second-order valence-electron chi connectivity index (χ2n) is 4.24. The molecule has 0 spiro atoms. The largest absolute Gasteiger partial charge is 0.414 e. The van der Waals surface area contributed by atoms with E-state index in [-0.39, 0.29) is 12.2 Å². The van der Waals surface area contributed by atoms with E-state index in [9.17, 15) is 26.3 Å². The first-order valence-corrected chi connectivity index (χ1v) is 6.06. The van der Waals surface area contributed by atoms with E-state index >= 15 is 0 Å². The number of alkyl halides is 3. The van der Waals surface area contributed by atoms with Crippen molar-refractivity contribution in [2.24, 2.45) is 0 Å². The average molecular weight is 316 g/mol. The summed E-state index contributed by atoms with van der Waals surface area (Å²) in [5.74, 6) is -4.67. The molecule has 0 amide bonds. The van der Waals surface area contributed by atoms with Gasteiger partial charge in [0.15, 0.2) is 23.6 Å². The van der Waals surface area contributed by atoms with Gasteiger partial charge in [0.2, 0.25) is 0 Å². The molecule has 0 saturated carbocycles. The molecule has 0 bridgehead atoms. The lowest BCUT2D eigenvalue weighted by atomic mass is 10.0. The zero-order valence-electron chi connectivity index (χ0n) is 11.3. The molecule has 0 aromatic heterocycles. The number of rotatable bonds is 6. The second-order valence-corrected chi connectivity index (χ2v) is 4.24. The molecule has 0 saturated heterocycles. The van der Waals surface area contributed by atoms with Crippen LogP contribution in [0.3, 0.4) is 0 Å². The van der Waals surface area contributed by atoms with Crippen LogP contribution in [0.5, 0.6) is 0 Å². The Balaban J connectivity index is 3.07. The van der Waals surface area contributed by atoms with Gasteiger partial charge in [-0.15, -0.1) is 0 Å². The van der Waals surface area contributed by atoms with E-state index in [1.54, 1.807) is 0 Å². The molecule has 0 aliphatic carbocycles. The zero-order valence-corrected chi connectivity index (χ0v) is 11.3. The smallest absolute Gasteiger partial charge is 0.374 e. The third-order valence-corrected chi connectivity index (χ3v) is 2.82. The highest BCUT2D eigenvalue weighted by molar-refractivity contribution is 5.22. The van der Waals surface area contributed by atoms with Crippen molar-refractivity contribution in [3.05, 3.63) is 35.1 Å². The topological polar surface area (TPSA) is 18.5 Å². The van der Waals surface area contributed by atoms with Crippen molar-refractivity contribution in [2.75, 3.05) is 13.7 Å². The maximum atomic E-state index is 13.2. The summed E-state index contributed by atoms with van der Waals surface area (Å²) in [6, 6.07) is 1.23. The molecule has 2 unspecified atom stereocenters.